The zero-order valence-electron chi connectivity index (χ0n) is 8.51. The molecule has 0 radical (unpaired) electrons. The average molecular weight is 207 g/mol. The Morgan fingerprint density at radius 2 is 2.13 bits per heavy atom. The van der Waals surface area contributed by atoms with Crippen molar-refractivity contribution in [3.63, 3.8) is 0 Å². The van der Waals surface area contributed by atoms with Gasteiger partial charge in [0.15, 0.2) is 0 Å². The van der Waals surface area contributed by atoms with Crippen LogP contribution in [0.5, 0.6) is 0 Å². The third-order valence-corrected chi connectivity index (χ3v) is 2.68. The van der Waals surface area contributed by atoms with Gasteiger partial charge >= 0.3 is 0 Å². The highest BCUT2D eigenvalue weighted by atomic mass is 16.2. The molecule has 0 saturated heterocycles. The highest BCUT2D eigenvalue weighted by Gasteiger charge is 2.25. The highest BCUT2D eigenvalue weighted by Crippen LogP contribution is 2.16. The van der Waals surface area contributed by atoms with Gasteiger partial charge in [-0.2, -0.15) is 0 Å². The van der Waals surface area contributed by atoms with E-state index in [1.807, 2.05) is 0 Å². The molecule has 2 heterocycles. The minimum Gasteiger partial charge on any atom is -0.320 e. The fourth-order valence-corrected chi connectivity index (χ4v) is 1.78. The molecule has 2 rings (SSSR count). The van der Waals surface area contributed by atoms with E-state index in [2.05, 4.69) is 0 Å². The molecule has 1 aliphatic rings. The normalized spacial score (nSPS) is 21.1. The summed E-state index contributed by atoms with van der Waals surface area (Å²) in [5.41, 5.74) is 5.60. The standard InChI is InChI=1S/C10H13N3O2/c1-12-8-3-2-4-9(14)13(8)6-5-7(11)10(12)15/h2-4,7H,5-6,11H2,1H3. The van der Waals surface area contributed by atoms with E-state index < -0.39 is 6.04 Å². The number of amides is 1. The first-order valence-electron chi connectivity index (χ1n) is 4.84. The van der Waals surface area contributed by atoms with Gasteiger partial charge in [-0.05, 0) is 12.5 Å². The summed E-state index contributed by atoms with van der Waals surface area (Å²) in [5, 5.41) is 0. The summed E-state index contributed by atoms with van der Waals surface area (Å²) >= 11 is 0. The van der Waals surface area contributed by atoms with E-state index >= 15 is 0 Å². The Labute approximate surface area is 87.1 Å². The predicted molar refractivity (Wildman–Crippen MR) is 56.7 cm³/mol. The van der Waals surface area contributed by atoms with E-state index in [-0.39, 0.29) is 11.5 Å². The van der Waals surface area contributed by atoms with Crippen LogP contribution in [0.4, 0.5) is 5.82 Å². The predicted octanol–water partition coefficient (Wildman–Crippen LogP) is -0.458. The molecular weight excluding hydrogens is 194 g/mol. The molecule has 2 N–H and O–H groups in total. The average Bonchev–Trinajstić information content (AvgIpc) is 2.33. The first-order valence-corrected chi connectivity index (χ1v) is 4.84. The van der Waals surface area contributed by atoms with Crippen LogP contribution in [0.25, 0.3) is 0 Å². The topological polar surface area (TPSA) is 68.3 Å². The second-order valence-electron chi connectivity index (χ2n) is 3.67. The summed E-state index contributed by atoms with van der Waals surface area (Å²) in [6, 6.07) is 4.36. The first kappa shape index (κ1) is 9.92. The molecule has 1 aliphatic heterocycles. The molecule has 0 fully saturated rings. The van der Waals surface area contributed by atoms with Crippen molar-refractivity contribution in [3.05, 3.63) is 28.6 Å². The molecule has 0 saturated carbocycles. The minimum atomic E-state index is -0.519. The summed E-state index contributed by atoms with van der Waals surface area (Å²) in [7, 11) is 1.64. The van der Waals surface area contributed by atoms with Crippen molar-refractivity contribution in [2.45, 2.75) is 19.0 Å². The second-order valence-corrected chi connectivity index (χ2v) is 3.67. The molecule has 1 atom stereocenters. The fraction of sp³-hybridized carbons (Fsp3) is 0.400. The molecule has 5 nitrogen and oxygen atoms in total. The van der Waals surface area contributed by atoms with Crippen LogP contribution in [0.2, 0.25) is 0 Å². The van der Waals surface area contributed by atoms with Gasteiger partial charge in [0.2, 0.25) is 5.91 Å². The van der Waals surface area contributed by atoms with Gasteiger partial charge in [0.25, 0.3) is 5.56 Å². The quantitative estimate of drug-likeness (QED) is 0.626. The number of anilines is 1. The molecule has 0 bridgehead atoms. The summed E-state index contributed by atoms with van der Waals surface area (Å²) in [4.78, 5) is 24.7. The number of hydrogen-bond donors (Lipinski definition) is 1. The maximum absolute atomic E-state index is 11.7. The SMILES string of the molecule is CN1C(=O)C(N)CCn2c1cccc2=O. The monoisotopic (exact) mass is 207 g/mol. The maximum Gasteiger partial charge on any atom is 0.252 e. The van der Waals surface area contributed by atoms with Crippen LogP contribution in [0.15, 0.2) is 23.0 Å². The van der Waals surface area contributed by atoms with Gasteiger partial charge in [0, 0.05) is 19.7 Å². The van der Waals surface area contributed by atoms with E-state index in [1.54, 1.807) is 23.7 Å². The van der Waals surface area contributed by atoms with E-state index in [0.717, 1.165) is 0 Å². The lowest BCUT2D eigenvalue weighted by Gasteiger charge is -2.18. The Hall–Kier alpha value is -1.62. The van der Waals surface area contributed by atoms with Gasteiger partial charge in [-0.25, -0.2) is 0 Å². The third kappa shape index (κ3) is 1.55. The number of fused-ring (bicyclic) bond motifs is 1. The van der Waals surface area contributed by atoms with Gasteiger partial charge in [-0.15, -0.1) is 0 Å². The van der Waals surface area contributed by atoms with Crippen LogP contribution in [-0.4, -0.2) is 23.6 Å². The molecule has 1 amide bonds. The van der Waals surface area contributed by atoms with Gasteiger partial charge in [-0.3, -0.25) is 19.1 Å². The van der Waals surface area contributed by atoms with Crippen LogP contribution in [0, 0.1) is 0 Å². The Morgan fingerprint density at radius 1 is 1.40 bits per heavy atom. The zero-order valence-corrected chi connectivity index (χ0v) is 8.51. The van der Waals surface area contributed by atoms with Gasteiger partial charge in [0.1, 0.15) is 5.82 Å². The molecule has 0 aliphatic carbocycles. The van der Waals surface area contributed by atoms with E-state index in [0.29, 0.717) is 18.8 Å². The van der Waals surface area contributed by atoms with Crippen molar-refractivity contribution >= 4 is 11.7 Å². The molecule has 1 aromatic heterocycles. The molecule has 5 heteroatoms. The lowest BCUT2D eigenvalue weighted by atomic mass is 10.2. The van der Waals surface area contributed by atoms with Gasteiger partial charge < -0.3 is 5.73 Å². The van der Waals surface area contributed by atoms with E-state index in [1.165, 1.54) is 11.0 Å². The number of aromatic nitrogens is 1. The number of pyridine rings is 1. The number of likely N-dealkylation sites (N-methyl/N-ethyl adjacent to an activating group) is 1. The van der Waals surface area contributed by atoms with E-state index in [9.17, 15) is 9.59 Å². The lowest BCUT2D eigenvalue weighted by Crippen LogP contribution is -2.40. The Bertz CT molecular complexity index is 452. The van der Waals surface area contributed by atoms with Crippen LogP contribution in [0.1, 0.15) is 6.42 Å². The van der Waals surface area contributed by atoms with Crippen molar-refractivity contribution in [2.24, 2.45) is 5.73 Å². The number of carbonyl (C=O) groups is 1. The zero-order chi connectivity index (χ0) is 11.0. The molecule has 0 aromatic carbocycles. The molecule has 15 heavy (non-hydrogen) atoms. The van der Waals surface area contributed by atoms with Crippen LogP contribution in [-0.2, 0) is 11.3 Å². The number of nitrogens with zero attached hydrogens (tertiary/aromatic N) is 2. The summed E-state index contributed by atoms with van der Waals surface area (Å²) < 4.78 is 1.57. The number of nitrogens with two attached hydrogens (primary N) is 1. The van der Waals surface area contributed by atoms with Crippen molar-refractivity contribution in [1.82, 2.24) is 4.57 Å². The number of hydrogen-bond acceptors (Lipinski definition) is 3. The fourth-order valence-electron chi connectivity index (χ4n) is 1.78. The van der Waals surface area contributed by atoms with Crippen LogP contribution < -0.4 is 16.2 Å². The van der Waals surface area contributed by atoms with E-state index in [4.69, 9.17) is 5.73 Å². The number of rotatable bonds is 0. The van der Waals surface area contributed by atoms with Gasteiger partial charge in [0.05, 0.1) is 6.04 Å². The first-order chi connectivity index (χ1) is 7.11. The van der Waals surface area contributed by atoms with Gasteiger partial charge in [-0.1, -0.05) is 6.07 Å². The smallest absolute Gasteiger partial charge is 0.252 e. The van der Waals surface area contributed by atoms with Crippen molar-refractivity contribution in [2.75, 3.05) is 11.9 Å². The Balaban J connectivity index is 2.57. The highest BCUT2D eigenvalue weighted by molar-refractivity contribution is 5.96. The number of carbonyl (C=O) groups excluding carboxylic acids is 1. The summed E-state index contributed by atoms with van der Waals surface area (Å²) in [6.07, 6.45) is 0.500. The minimum absolute atomic E-state index is 0.0961. The molecular formula is C10H13N3O2. The third-order valence-electron chi connectivity index (χ3n) is 2.68. The van der Waals surface area contributed by atoms with Crippen LogP contribution >= 0.6 is 0 Å². The Kier molecular flexibility index (Phi) is 2.32. The lowest BCUT2D eigenvalue weighted by molar-refractivity contribution is -0.119. The Morgan fingerprint density at radius 3 is 2.87 bits per heavy atom. The summed E-state index contributed by atoms with van der Waals surface area (Å²) in [5.74, 6) is 0.465. The largest absolute Gasteiger partial charge is 0.320 e. The second kappa shape index (κ2) is 3.51. The van der Waals surface area contributed by atoms with Crippen molar-refractivity contribution in [3.8, 4) is 0 Å². The molecule has 80 valence electrons. The molecule has 0 spiro atoms. The molecule has 1 unspecified atom stereocenters. The van der Waals surface area contributed by atoms with Crippen LogP contribution in [0.3, 0.4) is 0 Å². The van der Waals surface area contributed by atoms with Crippen molar-refractivity contribution < 1.29 is 4.79 Å². The molecule has 1 aromatic rings. The maximum atomic E-state index is 11.7. The summed E-state index contributed by atoms with van der Waals surface area (Å²) in [6.45, 7) is 0.492. The van der Waals surface area contributed by atoms with Crippen molar-refractivity contribution in [1.29, 1.82) is 0 Å².